The summed E-state index contributed by atoms with van der Waals surface area (Å²) in [6, 6.07) is 8.73. The van der Waals surface area contributed by atoms with Crippen molar-refractivity contribution < 1.29 is 27.5 Å². The topological polar surface area (TPSA) is 119 Å². The molecule has 1 amide bonds. The predicted molar refractivity (Wildman–Crippen MR) is 138 cm³/mol. The maximum Gasteiger partial charge on any atom is 0.401 e. The molecule has 3 aromatic heterocycles. The number of pyridine rings is 1. The van der Waals surface area contributed by atoms with Crippen LogP contribution >= 0.6 is 0 Å². The van der Waals surface area contributed by atoms with E-state index in [2.05, 4.69) is 20.7 Å². The van der Waals surface area contributed by atoms with Gasteiger partial charge in [-0.05, 0) is 57.4 Å². The van der Waals surface area contributed by atoms with Gasteiger partial charge in [-0.3, -0.25) is 14.7 Å². The standard InChI is InChI=1S/C27H29F4N7O2/c1-25(2,40)23(28)14-34-24(39)19-13-33-21(22-4-3-18-7-16(11-32)12-35-38(18)22)8-20(19)36-17-9-26(10-17)5-6-37(26)15-27(29,30)31/h3-4,7-8,12-13,17,23,40H,5-6,9-10,14-15H2,1-2H3,(H,33,36)(H,34,39)/t17?,23-,26?/m1/s1. The summed E-state index contributed by atoms with van der Waals surface area (Å²) in [6.07, 6.45) is -1.55. The highest BCUT2D eigenvalue weighted by atomic mass is 19.4. The molecular weight excluding hydrogens is 530 g/mol. The summed E-state index contributed by atoms with van der Waals surface area (Å²) in [6.45, 7) is 1.64. The predicted octanol–water partition coefficient (Wildman–Crippen LogP) is 3.69. The van der Waals surface area contributed by atoms with Crippen LogP contribution in [-0.4, -0.2) is 79.7 Å². The number of nitriles is 1. The Morgan fingerprint density at radius 1 is 1.27 bits per heavy atom. The number of rotatable bonds is 8. The van der Waals surface area contributed by atoms with Crippen LogP contribution in [-0.2, 0) is 0 Å². The van der Waals surface area contributed by atoms with Crippen molar-refractivity contribution in [2.75, 3.05) is 25.0 Å². The van der Waals surface area contributed by atoms with Gasteiger partial charge >= 0.3 is 6.18 Å². The Morgan fingerprint density at radius 2 is 2.02 bits per heavy atom. The lowest BCUT2D eigenvalue weighted by Crippen LogP contribution is -2.70. The first-order chi connectivity index (χ1) is 18.8. The lowest BCUT2D eigenvalue weighted by molar-refractivity contribution is -0.192. The molecule has 9 nitrogen and oxygen atoms in total. The number of nitrogens with one attached hydrogen (secondary N) is 2. The van der Waals surface area contributed by atoms with Gasteiger partial charge in [0.2, 0.25) is 0 Å². The summed E-state index contributed by atoms with van der Waals surface area (Å²) in [5.74, 6) is -0.610. The molecule has 4 heterocycles. The second-order valence-corrected chi connectivity index (χ2v) is 11.1. The summed E-state index contributed by atoms with van der Waals surface area (Å²) < 4.78 is 54.8. The van der Waals surface area contributed by atoms with Gasteiger partial charge in [0.05, 0.1) is 58.6 Å². The maximum atomic E-state index is 14.3. The summed E-state index contributed by atoms with van der Waals surface area (Å²) in [4.78, 5) is 18.9. The molecule has 0 radical (unpaired) electrons. The van der Waals surface area contributed by atoms with Gasteiger partial charge in [0, 0.05) is 24.3 Å². The molecule has 0 aromatic carbocycles. The summed E-state index contributed by atoms with van der Waals surface area (Å²) in [5.41, 5.74) is 0.513. The lowest BCUT2D eigenvalue weighted by Gasteiger charge is -2.62. The van der Waals surface area contributed by atoms with Crippen LogP contribution in [0.1, 0.15) is 49.0 Å². The van der Waals surface area contributed by atoms with E-state index in [1.165, 1.54) is 31.1 Å². The van der Waals surface area contributed by atoms with E-state index in [1.54, 1.807) is 28.8 Å². The Morgan fingerprint density at radius 3 is 2.65 bits per heavy atom. The van der Waals surface area contributed by atoms with Crippen LogP contribution in [0.15, 0.2) is 36.7 Å². The molecule has 2 fully saturated rings. The molecule has 1 aliphatic heterocycles. The summed E-state index contributed by atoms with van der Waals surface area (Å²) in [5, 5.41) is 29.1. The molecule has 0 bridgehead atoms. The molecule has 3 N–H and O–H groups in total. The Bertz CT molecular complexity index is 1470. The van der Waals surface area contributed by atoms with E-state index in [1.807, 2.05) is 6.07 Å². The molecule has 13 heteroatoms. The second kappa shape index (κ2) is 10.0. The highest BCUT2D eigenvalue weighted by molar-refractivity contribution is 6.00. The van der Waals surface area contributed by atoms with Crippen LogP contribution in [0.2, 0.25) is 0 Å². The van der Waals surface area contributed by atoms with Crippen molar-refractivity contribution in [3.05, 3.63) is 47.8 Å². The quantitative estimate of drug-likeness (QED) is 0.360. The Labute approximate surface area is 227 Å². The van der Waals surface area contributed by atoms with E-state index in [-0.39, 0.29) is 11.6 Å². The van der Waals surface area contributed by atoms with Crippen LogP contribution in [0, 0.1) is 11.3 Å². The number of fused-ring (bicyclic) bond motifs is 1. The number of likely N-dealkylation sites (tertiary alicyclic amines) is 1. The number of carbonyl (C=O) groups excluding carboxylic acids is 1. The van der Waals surface area contributed by atoms with Crippen molar-refractivity contribution in [3.63, 3.8) is 0 Å². The van der Waals surface area contributed by atoms with Gasteiger partial charge < -0.3 is 15.7 Å². The SMILES string of the molecule is CC(C)(O)[C@H](F)CNC(=O)c1cnc(-c2ccc3cc(C#N)cnn23)cc1NC1CC2(CCN2CC(F)(F)F)C1. The molecule has 1 saturated heterocycles. The number of amides is 1. The van der Waals surface area contributed by atoms with Gasteiger partial charge in [-0.15, -0.1) is 0 Å². The van der Waals surface area contributed by atoms with Crippen molar-refractivity contribution in [3.8, 4) is 17.5 Å². The molecule has 2 aliphatic rings. The number of halogens is 4. The van der Waals surface area contributed by atoms with Gasteiger partial charge in [0.25, 0.3) is 5.91 Å². The number of alkyl halides is 4. The second-order valence-electron chi connectivity index (χ2n) is 11.1. The van der Waals surface area contributed by atoms with Gasteiger partial charge in [0.15, 0.2) is 0 Å². The van der Waals surface area contributed by atoms with Gasteiger partial charge in [-0.2, -0.15) is 23.5 Å². The first kappa shape index (κ1) is 27.8. The minimum absolute atomic E-state index is 0.133. The number of carbonyl (C=O) groups is 1. The number of aromatic nitrogens is 3. The van der Waals surface area contributed by atoms with Crippen LogP contribution in [0.3, 0.4) is 0 Å². The monoisotopic (exact) mass is 559 g/mol. The largest absolute Gasteiger partial charge is 0.401 e. The molecule has 1 atom stereocenters. The number of hydrogen-bond acceptors (Lipinski definition) is 7. The zero-order valence-corrected chi connectivity index (χ0v) is 22.0. The fraction of sp³-hybridized carbons (Fsp3) is 0.481. The zero-order chi connectivity index (χ0) is 28.9. The molecule has 1 spiro atoms. The van der Waals surface area contributed by atoms with Crippen molar-refractivity contribution in [1.82, 2.24) is 24.8 Å². The number of nitrogens with zero attached hydrogens (tertiary/aromatic N) is 5. The van der Waals surface area contributed by atoms with E-state index in [0.29, 0.717) is 54.0 Å². The van der Waals surface area contributed by atoms with E-state index < -0.39 is 42.5 Å². The average Bonchev–Trinajstić information content (AvgIpc) is 3.28. The fourth-order valence-corrected chi connectivity index (χ4v) is 5.37. The third-order valence-corrected chi connectivity index (χ3v) is 7.75. The maximum absolute atomic E-state index is 14.3. The van der Waals surface area contributed by atoms with E-state index in [0.717, 1.165) is 0 Å². The highest BCUT2D eigenvalue weighted by Crippen LogP contribution is 2.49. The normalized spacial score (nSPS) is 21.9. The molecule has 3 aromatic rings. The minimum Gasteiger partial charge on any atom is -0.387 e. The molecule has 0 unspecified atom stereocenters. The van der Waals surface area contributed by atoms with Crippen molar-refractivity contribution in [2.24, 2.45) is 0 Å². The first-order valence-electron chi connectivity index (χ1n) is 12.9. The summed E-state index contributed by atoms with van der Waals surface area (Å²) in [7, 11) is 0. The van der Waals surface area contributed by atoms with Crippen LogP contribution in [0.25, 0.3) is 16.9 Å². The van der Waals surface area contributed by atoms with Crippen LogP contribution in [0.4, 0.5) is 23.2 Å². The third kappa shape index (κ3) is 5.46. The Balaban J connectivity index is 1.40. The summed E-state index contributed by atoms with van der Waals surface area (Å²) >= 11 is 0. The van der Waals surface area contributed by atoms with E-state index in [9.17, 15) is 27.5 Å². The number of anilines is 1. The van der Waals surface area contributed by atoms with Crippen LogP contribution in [0.5, 0.6) is 0 Å². The Hall–Kier alpha value is -3.76. The smallest absolute Gasteiger partial charge is 0.387 e. The van der Waals surface area contributed by atoms with E-state index in [4.69, 9.17) is 5.26 Å². The van der Waals surface area contributed by atoms with E-state index >= 15 is 0 Å². The molecular formula is C27H29F4N7O2. The number of hydrogen-bond donors (Lipinski definition) is 3. The number of aliphatic hydroxyl groups is 1. The third-order valence-electron chi connectivity index (χ3n) is 7.75. The lowest BCUT2D eigenvalue weighted by atomic mass is 9.64. The average molecular weight is 560 g/mol. The minimum atomic E-state index is -4.27. The van der Waals surface area contributed by atoms with Crippen molar-refractivity contribution in [2.45, 2.75) is 62.6 Å². The fourth-order valence-electron chi connectivity index (χ4n) is 5.37. The van der Waals surface area contributed by atoms with Gasteiger partial charge in [-0.1, -0.05) is 0 Å². The van der Waals surface area contributed by atoms with Crippen molar-refractivity contribution >= 4 is 17.1 Å². The Kier molecular flexibility index (Phi) is 6.96. The molecule has 1 saturated carbocycles. The molecule has 212 valence electrons. The molecule has 5 rings (SSSR count). The first-order valence-corrected chi connectivity index (χ1v) is 12.9. The highest BCUT2D eigenvalue weighted by Gasteiger charge is 2.56. The molecule has 1 aliphatic carbocycles. The van der Waals surface area contributed by atoms with Crippen LogP contribution < -0.4 is 10.6 Å². The van der Waals surface area contributed by atoms with Gasteiger partial charge in [-0.25, -0.2) is 8.91 Å². The van der Waals surface area contributed by atoms with Gasteiger partial charge in [0.1, 0.15) is 12.2 Å². The van der Waals surface area contributed by atoms with Crippen molar-refractivity contribution in [1.29, 1.82) is 5.26 Å². The zero-order valence-electron chi connectivity index (χ0n) is 22.0. The molecule has 40 heavy (non-hydrogen) atoms.